The van der Waals surface area contributed by atoms with Crippen LogP contribution >= 0.6 is 15.9 Å². The number of hydrogen-bond donors (Lipinski definition) is 1. The number of ether oxygens (including phenoxy) is 1. The Morgan fingerprint density at radius 1 is 1.33 bits per heavy atom. The number of nitrogens with zero attached hydrogens (tertiary/aromatic N) is 3. The lowest BCUT2D eigenvalue weighted by Gasteiger charge is -2.10. The molecule has 2 aromatic heterocycles. The monoisotopic (exact) mass is 308 g/mol. The molecule has 6 heteroatoms. The Labute approximate surface area is 114 Å². The number of anilines is 1. The molecule has 0 saturated carbocycles. The van der Waals surface area contributed by atoms with E-state index in [2.05, 4.69) is 30.9 Å². The van der Waals surface area contributed by atoms with E-state index in [-0.39, 0.29) is 0 Å². The van der Waals surface area contributed by atoms with Crippen LogP contribution in [0.3, 0.4) is 0 Å². The van der Waals surface area contributed by atoms with Crippen molar-refractivity contribution in [3.8, 4) is 11.6 Å². The van der Waals surface area contributed by atoms with Crippen molar-refractivity contribution in [1.82, 2.24) is 15.0 Å². The van der Waals surface area contributed by atoms with Crippen LogP contribution in [0.1, 0.15) is 18.3 Å². The van der Waals surface area contributed by atoms with E-state index in [0.29, 0.717) is 21.9 Å². The molecule has 0 amide bonds. The molecule has 0 aliphatic carbocycles. The van der Waals surface area contributed by atoms with Crippen molar-refractivity contribution in [2.24, 2.45) is 0 Å². The van der Waals surface area contributed by atoms with Crippen molar-refractivity contribution in [3.05, 3.63) is 34.3 Å². The fourth-order valence-electron chi connectivity index (χ4n) is 1.49. The average molecular weight is 309 g/mol. The molecule has 94 valence electrons. The van der Waals surface area contributed by atoms with Gasteiger partial charge in [-0.3, -0.25) is 4.98 Å². The highest BCUT2D eigenvalue weighted by molar-refractivity contribution is 9.10. The SMILES string of the molecule is CCc1nc(C)ccc1Oc1ncnc(N)c1Br. The largest absolute Gasteiger partial charge is 0.436 e. The number of hydrogen-bond acceptors (Lipinski definition) is 5. The van der Waals surface area contributed by atoms with Gasteiger partial charge in [0.2, 0.25) is 5.88 Å². The van der Waals surface area contributed by atoms with Crippen LogP contribution in [0.15, 0.2) is 22.9 Å². The number of nitrogen functional groups attached to an aromatic ring is 1. The molecule has 2 N–H and O–H groups in total. The van der Waals surface area contributed by atoms with Gasteiger partial charge < -0.3 is 10.5 Å². The lowest BCUT2D eigenvalue weighted by molar-refractivity contribution is 0.450. The Balaban J connectivity index is 2.37. The summed E-state index contributed by atoms with van der Waals surface area (Å²) in [5, 5.41) is 0. The highest BCUT2D eigenvalue weighted by Crippen LogP contribution is 2.31. The van der Waals surface area contributed by atoms with Gasteiger partial charge in [-0.2, -0.15) is 0 Å². The highest BCUT2D eigenvalue weighted by Gasteiger charge is 2.11. The molecule has 0 aliphatic rings. The van der Waals surface area contributed by atoms with Crippen molar-refractivity contribution in [3.63, 3.8) is 0 Å². The third kappa shape index (κ3) is 2.59. The van der Waals surface area contributed by atoms with Crippen molar-refractivity contribution in [2.75, 3.05) is 5.73 Å². The minimum atomic E-state index is 0.345. The van der Waals surface area contributed by atoms with Crippen molar-refractivity contribution < 1.29 is 4.74 Å². The van der Waals surface area contributed by atoms with Gasteiger partial charge in [0.1, 0.15) is 16.6 Å². The normalized spacial score (nSPS) is 10.4. The molecule has 2 rings (SSSR count). The van der Waals surface area contributed by atoms with E-state index < -0.39 is 0 Å². The number of aryl methyl sites for hydroxylation is 2. The lowest BCUT2D eigenvalue weighted by Crippen LogP contribution is -2.00. The molecule has 2 aromatic rings. The summed E-state index contributed by atoms with van der Waals surface area (Å²) in [7, 11) is 0. The first kappa shape index (κ1) is 12.8. The topological polar surface area (TPSA) is 73.9 Å². The molecular weight excluding hydrogens is 296 g/mol. The summed E-state index contributed by atoms with van der Waals surface area (Å²) in [6.45, 7) is 3.97. The lowest BCUT2D eigenvalue weighted by atomic mass is 10.2. The molecule has 0 aliphatic heterocycles. The van der Waals surface area contributed by atoms with Crippen LogP contribution in [0.2, 0.25) is 0 Å². The second-order valence-corrected chi connectivity index (χ2v) is 4.52. The highest BCUT2D eigenvalue weighted by atomic mass is 79.9. The third-order valence-corrected chi connectivity index (χ3v) is 3.14. The Hall–Kier alpha value is -1.69. The van der Waals surface area contributed by atoms with Crippen LogP contribution in [0.5, 0.6) is 11.6 Å². The molecule has 0 bridgehead atoms. The molecule has 0 saturated heterocycles. The van der Waals surface area contributed by atoms with Crippen LogP contribution in [-0.2, 0) is 6.42 Å². The first-order valence-corrected chi connectivity index (χ1v) is 6.31. The predicted octanol–water partition coefficient (Wildman–Crippen LogP) is 2.88. The Kier molecular flexibility index (Phi) is 3.76. The van der Waals surface area contributed by atoms with E-state index in [0.717, 1.165) is 17.8 Å². The zero-order valence-corrected chi connectivity index (χ0v) is 11.7. The molecule has 0 unspecified atom stereocenters. The van der Waals surface area contributed by atoms with E-state index in [1.54, 1.807) is 0 Å². The van der Waals surface area contributed by atoms with Crippen LogP contribution < -0.4 is 10.5 Å². The molecule has 18 heavy (non-hydrogen) atoms. The molecule has 2 heterocycles. The summed E-state index contributed by atoms with van der Waals surface area (Å²) in [5.41, 5.74) is 7.52. The Bertz CT molecular complexity index is 574. The summed E-state index contributed by atoms with van der Waals surface area (Å²) in [5.74, 6) is 1.42. The zero-order chi connectivity index (χ0) is 13.1. The van der Waals surface area contributed by atoms with Gasteiger partial charge in [0.15, 0.2) is 5.75 Å². The number of nitrogens with two attached hydrogens (primary N) is 1. The van der Waals surface area contributed by atoms with Gasteiger partial charge in [0, 0.05) is 5.69 Å². The molecule has 0 aromatic carbocycles. The van der Waals surface area contributed by atoms with Crippen LogP contribution in [-0.4, -0.2) is 15.0 Å². The molecule has 5 nitrogen and oxygen atoms in total. The summed E-state index contributed by atoms with van der Waals surface area (Å²) in [6, 6.07) is 3.78. The maximum atomic E-state index is 5.73. The number of pyridine rings is 1. The number of halogens is 1. The maximum Gasteiger partial charge on any atom is 0.238 e. The van der Waals surface area contributed by atoms with Crippen molar-refractivity contribution in [1.29, 1.82) is 0 Å². The molecule has 0 atom stereocenters. The molecular formula is C12H13BrN4O. The second kappa shape index (κ2) is 5.30. The van der Waals surface area contributed by atoms with Gasteiger partial charge in [-0.05, 0) is 41.4 Å². The number of aromatic nitrogens is 3. The average Bonchev–Trinajstić information content (AvgIpc) is 2.37. The smallest absolute Gasteiger partial charge is 0.238 e. The van der Waals surface area contributed by atoms with E-state index in [1.807, 2.05) is 26.0 Å². The summed E-state index contributed by atoms with van der Waals surface area (Å²) in [6.07, 6.45) is 2.15. The van der Waals surface area contributed by atoms with Crippen LogP contribution in [0.4, 0.5) is 5.82 Å². The molecule has 0 fully saturated rings. The first-order valence-electron chi connectivity index (χ1n) is 5.52. The quantitative estimate of drug-likeness (QED) is 0.943. The fourth-order valence-corrected chi connectivity index (χ4v) is 1.77. The minimum absolute atomic E-state index is 0.345. The summed E-state index contributed by atoms with van der Waals surface area (Å²) < 4.78 is 6.28. The Morgan fingerprint density at radius 2 is 2.11 bits per heavy atom. The summed E-state index contributed by atoms with van der Waals surface area (Å²) >= 11 is 3.30. The van der Waals surface area contributed by atoms with E-state index in [4.69, 9.17) is 10.5 Å². The fraction of sp³-hybridized carbons (Fsp3) is 0.250. The van der Waals surface area contributed by atoms with Crippen molar-refractivity contribution in [2.45, 2.75) is 20.3 Å². The van der Waals surface area contributed by atoms with Gasteiger partial charge >= 0.3 is 0 Å². The molecule has 0 spiro atoms. The van der Waals surface area contributed by atoms with E-state index in [9.17, 15) is 0 Å². The van der Waals surface area contributed by atoms with E-state index >= 15 is 0 Å². The van der Waals surface area contributed by atoms with Crippen LogP contribution in [0.25, 0.3) is 0 Å². The zero-order valence-electron chi connectivity index (χ0n) is 10.1. The van der Waals surface area contributed by atoms with Crippen molar-refractivity contribution >= 4 is 21.7 Å². The van der Waals surface area contributed by atoms with Gasteiger partial charge in [-0.1, -0.05) is 6.92 Å². The van der Waals surface area contributed by atoms with Gasteiger partial charge in [-0.15, -0.1) is 0 Å². The summed E-state index contributed by atoms with van der Waals surface area (Å²) in [4.78, 5) is 12.3. The third-order valence-electron chi connectivity index (χ3n) is 2.40. The van der Waals surface area contributed by atoms with Gasteiger partial charge in [0.25, 0.3) is 0 Å². The van der Waals surface area contributed by atoms with Gasteiger partial charge in [0.05, 0.1) is 5.69 Å². The maximum absolute atomic E-state index is 5.73. The predicted molar refractivity (Wildman–Crippen MR) is 72.6 cm³/mol. The second-order valence-electron chi connectivity index (χ2n) is 3.73. The first-order chi connectivity index (χ1) is 8.61. The number of rotatable bonds is 3. The van der Waals surface area contributed by atoms with Gasteiger partial charge in [-0.25, -0.2) is 9.97 Å². The standard InChI is InChI=1S/C12H13BrN4O/c1-3-8-9(5-4-7(2)17-8)18-12-10(13)11(14)15-6-16-12/h4-6H,3H2,1-2H3,(H2,14,15,16). The Morgan fingerprint density at radius 3 is 2.83 bits per heavy atom. The van der Waals surface area contributed by atoms with E-state index in [1.165, 1.54) is 6.33 Å². The minimum Gasteiger partial charge on any atom is -0.436 e. The molecule has 0 radical (unpaired) electrons. The van der Waals surface area contributed by atoms with Crippen LogP contribution in [0, 0.1) is 6.92 Å².